The largest absolute Gasteiger partial charge is 0.332 e. The molecule has 1 amide bonds. The Morgan fingerprint density at radius 1 is 1.35 bits per heavy atom. The van der Waals surface area contributed by atoms with Gasteiger partial charge in [-0.2, -0.15) is 0 Å². The van der Waals surface area contributed by atoms with Gasteiger partial charge < -0.3 is 4.90 Å². The van der Waals surface area contributed by atoms with Crippen molar-refractivity contribution >= 4 is 5.91 Å². The van der Waals surface area contributed by atoms with E-state index >= 15 is 0 Å². The van der Waals surface area contributed by atoms with Crippen molar-refractivity contribution in [2.24, 2.45) is 5.92 Å². The fourth-order valence-corrected chi connectivity index (χ4v) is 2.86. The number of hydrogen-bond acceptors (Lipinski definition) is 4. The predicted octanol–water partition coefficient (Wildman–Crippen LogP) is 2.51. The molecule has 1 unspecified atom stereocenters. The van der Waals surface area contributed by atoms with Gasteiger partial charge in [0.25, 0.3) is 0 Å². The Morgan fingerprint density at radius 3 is 2.91 bits per heavy atom. The first-order valence-electron chi connectivity index (χ1n) is 7.92. The van der Waals surface area contributed by atoms with Gasteiger partial charge in [-0.1, -0.05) is 19.9 Å². The Kier molecular flexibility index (Phi) is 4.36. The number of amides is 1. The molecule has 122 valence electrons. The first kappa shape index (κ1) is 15.6. The van der Waals surface area contributed by atoms with Gasteiger partial charge in [0.15, 0.2) is 5.82 Å². The van der Waals surface area contributed by atoms with Crippen LogP contribution >= 0.6 is 0 Å². The summed E-state index contributed by atoms with van der Waals surface area (Å²) >= 11 is 0. The van der Waals surface area contributed by atoms with E-state index < -0.39 is 0 Å². The molecule has 3 rings (SSSR count). The lowest BCUT2D eigenvalue weighted by molar-refractivity contribution is -0.138. The van der Waals surface area contributed by atoms with E-state index in [9.17, 15) is 9.18 Å². The number of nitrogens with zero attached hydrogens (tertiary/aromatic N) is 5. The molecule has 0 aliphatic carbocycles. The fourth-order valence-electron chi connectivity index (χ4n) is 2.86. The number of piperidine rings is 1. The van der Waals surface area contributed by atoms with E-state index in [1.54, 1.807) is 12.1 Å². The first-order chi connectivity index (χ1) is 11.1. The highest BCUT2D eigenvalue weighted by atomic mass is 19.1. The molecule has 0 N–H and O–H groups in total. The molecule has 2 aromatic rings. The molecule has 1 aromatic carbocycles. The number of benzene rings is 1. The monoisotopic (exact) mass is 317 g/mol. The van der Waals surface area contributed by atoms with Gasteiger partial charge in [-0.25, -0.2) is 4.39 Å². The second-order valence-corrected chi connectivity index (χ2v) is 6.11. The number of rotatable bonds is 3. The number of carbonyl (C=O) groups excluding carboxylic acids is 1. The van der Waals surface area contributed by atoms with Crippen LogP contribution in [0.2, 0.25) is 0 Å². The Labute approximate surface area is 134 Å². The van der Waals surface area contributed by atoms with Gasteiger partial charge in [0, 0.05) is 18.5 Å². The summed E-state index contributed by atoms with van der Waals surface area (Å²) in [5, 5.41) is 12.5. The molecule has 1 aliphatic rings. The maximum absolute atomic E-state index is 13.3. The molecule has 7 heteroatoms. The topological polar surface area (TPSA) is 63.9 Å². The number of aromatic nitrogens is 4. The van der Waals surface area contributed by atoms with E-state index in [2.05, 4.69) is 15.4 Å². The van der Waals surface area contributed by atoms with Gasteiger partial charge >= 0.3 is 0 Å². The lowest BCUT2D eigenvalue weighted by Gasteiger charge is -2.34. The van der Waals surface area contributed by atoms with Crippen LogP contribution in [0, 0.1) is 11.7 Å². The molecule has 1 fully saturated rings. The van der Waals surface area contributed by atoms with Gasteiger partial charge in [-0.15, -0.1) is 15.0 Å². The van der Waals surface area contributed by atoms with Gasteiger partial charge in [0.05, 0.1) is 11.7 Å². The zero-order chi connectivity index (χ0) is 16.4. The van der Waals surface area contributed by atoms with Gasteiger partial charge in [-0.3, -0.25) is 4.79 Å². The molecular weight excluding hydrogens is 297 g/mol. The van der Waals surface area contributed by atoms with Gasteiger partial charge in [0.2, 0.25) is 5.91 Å². The highest BCUT2D eigenvalue weighted by Crippen LogP contribution is 2.29. The molecule has 0 saturated carbocycles. The van der Waals surface area contributed by atoms with Crippen LogP contribution in [0.25, 0.3) is 5.69 Å². The SMILES string of the molecule is CC(C)C(=O)N1CCCCC1c1nnn(-c2cccc(F)c2)n1. The van der Waals surface area contributed by atoms with Gasteiger partial charge in [-0.05, 0) is 36.6 Å². The smallest absolute Gasteiger partial charge is 0.225 e. The van der Waals surface area contributed by atoms with Crippen LogP contribution in [0.5, 0.6) is 0 Å². The summed E-state index contributed by atoms with van der Waals surface area (Å²) in [6, 6.07) is 5.88. The molecule has 1 aliphatic heterocycles. The van der Waals surface area contributed by atoms with E-state index in [0.717, 1.165) is 25.8 Å². The number of likely N-dealkylation sites (tertiary alicyclic amines) is 1. The Morgan fingerprint density at radius 2 is 2.17 bits per heavy atom. The lowest BCUT2D eigenvalue weighted by Crippen LogP contribution is -2.41. The molecule has 1 atom stereocenters. The normalized spacial score (nSPS) is 18.4. The molecule has 0 bridgehead atoms. The third-order valence-electron chi connectivity index (χ3n) is 4.05. The average molecular weight is 317 g/mol. The third-order valence-corrected chi connectivity index (χ3v) is 4.05. The van der Waals surface area contributed by atoms with E-state index in [4.69, 9.17) is 0 Å². The van der Waals surface area contributed by atoms with Crippen LogP contribution < -0.4 is 0 Å². The Bertz CT molecular complexity index is 699. The average Bonchev–Trinajstić information content (AvgIpc) is 3.04. The highest BCUT2D eigenvalue weighted by molar-refractivity contribution is 5.78. The summed E-state index contributed by atoms with van der Waals surface area (Å²) < 4.78 is 13.3. The van der Waals surface area contributed by atoms with Crippen LogP contribution in [0.3, 0.4) is 0 Å². The van der Waals surface area contributed by atoms with Crippen molar-refractivity contribution in [3.63, 3.8) is 0 Å². The van der Waals surface area contributed by atoms with Crippen LogP contribution in [0.15, 0.2) is 24.3 Å². The summed E-state index contributed by atoms with van der Waals surface area (Å²) in [7, 11) is 0. The molecular formula is C16H20FN5O. The van der Waals surface area contributed by atoms with E-state index in [1.165, 1.54) is 16.9 Å². The molecule has 1 saturated heterocycles. The number of carbonyl (C=O) groups is 1. The van der Waals surface area contributed by atoms with E-state index in [0.29, 0.717) is 11.5 Å². The van der Waals surface area contributed by atoms with Crippen LogP contribution in [-0.4, -0.2) is 37.6 Å². The summed E-state index contributed by atoms with van der Waals surface area (Å²) in [6.45, 7) is 4.51. The van der Waals surface area contributed by atoms with Crippen molar-refractivity contribution < 1.29 is 9.18 Å². The van der Waals surface area contributed by atoms with E-state index in [1.807, 2.05) is 18.7 Å². The van der Waals surface area contributed by atoms with Gasteiger partial charge in [0.1, 0.15) is 5.82 Å². The second-order valence-electron chi connectivity index (χ2n) is 6.11. The summed E-state index contributed by atoms with van der Waals surface area (Å²) in [5.41, 5.74) is 0.515. The van der Waals surface area contributed by atoms with E-state index in [-0.39, 0.29) is 23.7 Å². The second kappa shape index (κ2) is 6.44. The predicted molar refractivity (Wildman–Crippen MR) is 82.3 cm³/mol. The maximum Gasteiger partial charge on any atom is 0.225 e. The zero-order valence-corrected chi connectivity index (χ0v) is 13.3. The van der Waals surface area contributed by atoms with Crippen molar-refractivity contribution in [3.05, 3.63) is 35.9 Å². The van der Waals surface area contributed by atoms with Crippen molar-refractivity contribution in [2.75, 3.05) is 6.54 Å². The van der Waals surface area contributed by atoms with Crippen LogP contribution in [0.4, 0.5) is 4.39 Å². The number of tetrazole rings is 1. The van der Waals surface area contributed by atoms with Crippen LogP contribution in [0.1, 0.15) is 45.0 Å². The molecule has 1 aromatic heterocycles. The van der Waals surface area contributed by atoms with Crippen molar-refractivity contribution in [1.29, 1.82) is 0 Å². The molecule has 6 nitrogen and oxygen atoms in total. The molecule has 2 heterocycles. The minimum absolute atomic E-state index is 0.0612. The standard InChI is InChI=1S/C16H20FN5O/c1-11(2)16(23)21-9-4-3-8-14(21)15-18-20-22(19-15)13-7-5-6-12(17)10-13/h5-7,10-11,14H,3-4,8-9H2,1-2H3. The highest BCUT2D eigenvalue weighted by Gasteiger charge is 2.32. The quantitative estimate of drug-likeness (QED) is 0.872. The van der Waals surface area contributed by atoms with Crippen LogP contribution in [-0.2, 0) is 4.79 Å². The minimum Gasteiger partial charge on any atom is -0.332 e. The lowest BCUT2D eigenvalue weighted by atomic mass is 9.99. The Hall–Kier alpha value is -2.31. The fraction of sp³-hybridized carbons (Fsp3) is 0.500. The van der Waals surface area contributed by atoms with Crippen molar-refractivity contribution in [1.82, 2.24) is 25.1 Å². The van der Waals surface area contributed by atoms with Crippen molar-refractivity contribution in [2.45, 2.75) is 39.2 Å². The Balaban J connectivity index is 1.87. The maximum atomic E-state index is 13.3. The molecule has 23 heavy (non-hydrogen) atoms. The summed E-state index contributed by atoms with van der Waals surface area (Å²) in [6.07, 6.45) is 2.85. The zero-order valence-electron chi connectivity index (χ0n) is 13.3. The number of hydrogen-bond donors (Lipinski definition) is 0. The summed E-state index contributed by atoms with van der Waals surface area (Å²) in [4.78, 5) is 15.6. The third kappa shape index (κ3) is 3.23. The first-order valence-corrected chi connectivity index (χ1v) is 7.92. The minimum atomic E-state index is -0.351. The number of halogens is 1. The molecule has 0 spiro atoms. The summed E-state index contributed by atoms with van der Waals surface area (Å²) in [5.74, 6) is 0.212. The van der Waals surface area contributed by atoms with Crippen molar-refractivity contribution in [3.8, 4) is 5.69 Å². The molecule has 0 radical (unpaired) electrons.